The van der Waals surface area contributed by atoms with Crippen molar-refractivity contribution in [3.05, 3.63) is 40.2 Å². The molecule has 3 aromatic rings. The summed E-state index contributed by atoms with van der Waals surface area (Å²) >= 11 is 7.90. The van der Waals surface area contributed by atoms with Crippen molar-refractivity contribution in [2.24, 2.45) is 0 Å². The fraction of sp³-hybridized carbons (Fsp3) is 0.421. The number of amides is 1. The molecule has 0 saturated carbocycles. The number of rotatable bonds is 3. The van der Waals surface area contributed by atoms with E-state index in [1.807, 2.05) is 48.6 Å². The summed E-state index contributed by atoms with van der Waals surface area (Å²) in [6.07, 6.45) is 0. The first kappa shape index (κ1) is 18.3. The van der Waals surface area contributed by atoms with E-state index in [4.69, 9.17) is 16.6 Å². The summed E-state index contributed by atoms with van der Waals surface area (Å²) in [5.41, 5.74) is 3.55. The first-order valence-electron chi connectivity index (χ1n) is 9.12. The van der Waals surface area contributed by atoms with Crippen LogP contribution in [0.15, 0.2) is 18.2 Å². The van der Waals surface area contributed by atoms with Crippen LogP contribution in [0.3, 0.4) is 0 Å². The molecule has 1 saturated heterocycles. The quantitative estimate of drug-likeness (QED) is 0.668. The molecule has 0 spiro atoms. The zero-order chi connectivity index (χ0) is 19.1. The highest BCUT2D eigenvalue weighted by atomic mass is 35.5. The number of nitrogens with zero attached hydrogens (tertiary/aromatic N) is 5. The van der Waals surface area contributed by atoms with E-state index in [-0.39, 0.29) is 5.91 Å². The van der Waals surface area contributed by atoms with Crippen LogP contribution < -0.4 is 4.90 Å². The number of anilines is 1. The predicted molar refractivity (Wildman–Crippen MR) is 110 cm³/mol. The van der Waals surface area contributed by atoms with Crippen LogP contribution in [0, 0.1) is 13.8 Å². The van der Waals surface area contributed by atoms with Gasteiger partial charge in [-0.3, -0.25) is 9.48 Å². The van der Waals surface area contributed by atoms with E-state index >= 15 is 0 Å². The Balaban J connectivity index is 1.47. The van der Waals surface area contributed by atoms with Crippen molar-refractivity contribution < 1.29 is 4.79 Å². The molecule has 0 N–H and O–H groups in total. The average molecular weight is 404 g/mol. The molecule has 0 unspecified atom stereocenters. The Kier molecular flexibility index (Phi) is 4.82. The number of carbonyl (C=O) groups is 1. The minimum absolute atomic E-state index is 0.0110. The standard InChI is InChI=1S/C19H22ClN5OS/c1-4-25-12(2)11-15(22-25)18(26)23-7-9-24(10-8-23)19-21-17-13(3)14(20)5-6-16(17)27-19/h5-6,11H,4,7-10H2,1-3H3. The summed E-state index contributed by atoms with van der Waals surface area (Å²) in [6.45, 7) is 9.67. The number of carbonyl (C=O) groups excluding carboxylic acids is 1. The molecular weight excluding hydrogens is 382 g/mol. The Hall–Kier alpha value is -2.12. The lowest BCUT2D eigenvalue weighted by Gasteiger charge is -2.34. The molecule has 4 rings (SSSR count). The van der Waals surface area contributed by atoms with Gasteiger partial charge in [-0.1, -0.05) is 22.9 Å². The number of halogens is 1. The third kappa shape index (κ3) is 3.30. The third-order valence-electron chi connectivity index (χ3n) is 5.07. The van der Waals surface area contributed by atoms with Gasteiger partial charge < -0.3 is 9.80 Å². The Morgan fingerprint density at radius 2 is 1.96 bits per heavy atom. The van der Waals surface area contributed by atoms with Crippen molar-refractivity contribution in [1.82, 2.24) is 19.7 Å². The monoisotopic (exact) mass is 403 g/mol. The first-order chi connectivity index (χ1) is 13.0. The molecular formula is C19H22ClN5OS. The Morgan fingerprint density at radius 3 is 2.63 bits per heavy atom. The highest BCUT2D eigenvalue weighted by Gasteiger charge is 2.26. The second kappa shape index (κ2) is 7.13. The number of hydrogen-bond donors (Lipinski definition) is 0. The lowest BCUT2D eigenvalue weighted by molar-refractivity contribution is 0.0740. The highest BCUT2D eigenvalue weighted by Crippen LogP contribution is 2.33. The Bertz CT molecular complexity index is 1000. The number of aryl methyl sites for hydroxylation is 3. The minimum Gasteiger partial charge on any atom is -0.345 e. The van der Waals surface area contributed by atoms with Gasteiger partial charge in [0.05, 0.1) is 10.2 Å². The summed E-state index contributed by atoms with van der Waals surface area (Å²) in [4.78, 5) is 21.7. The molecule has 1 aromatic carbocycles. The smallest absolute Gasteiger partial charge is 0.274 e. The van der Waals surface area contributed by atoms with Gasteiger partial charge in [-0.05, 0) is 44.5 Å². The molecule has 0 atom stereocenters. The number of benzene rings is 1. The predicted octanol–water partition coefficient (Wildman–Crippen LogP) is 3.75. The molecule has 1 amide bonds. The average Bonchev–Trinajstić information content (AvgIpc) is 3.28. The maximum Gasteiger partial charge on any atom is 0.274 e. The molecule has 27 heavy (non-hydrogen) atoms. The van der Waals surface area contributed by atoms with Crippen molar-refractivity contribution >= 4 is 44.2 Å². The summed E-state index contributed by atoms with van der Waals surface area (Å²) in [5, 5.41) is 6.16. The normalized spacial score (nSPS) is 15.0. The lowest BCUT2D eigenvalue weighted by Crippen LogP contribution is -2.48. The molecule has 0 radical (unpaired) electrons. The molecule has 0 bridgehead atoms. The zero-order valence-corrected chi connectivity index (χ0v) is 17.3. The largest absolute Gasteiger partial charge is 0.345 e. The van der Waals surface area contributed by atoms with Gasteiger partial charge in [-0.25, -0.2) is 4.98 Å². The number of thiazole rings is 1. The fourth-order valence-corrected chi connectivity index (χ4v) is 4.65. The number of fused-ring (bicyclic) bond motifs is 1. The van der Waals surface area contributed by atoms with E-state index < -0.39 is 0 Å². The molecule has 2 aromatic heterocycles. The molecule has 1 fully saturated rings. The molecule has 1 aliphatic heterocycles. The van der Waals surface area contributed by atoms with Crippen molar-refractivity contribution in [1.29, 1.82) is 0 Å². The lowest BCUT2D eigenvalue weighted by atomic mass is 10.2. The molecule has 6 nitrogen and oxygen atoms in total. The van der Waals surface area contributed by atoms with Crippen molar-refractivity contribution in [2.75, 3.05) is 31.1 Å². The second-order valence-corrected chi connectivity index (χ2v) is 8.20. The summed E-state index contributed by atoms with van der Waals surface area (Å²) in [6, 6.07) is 5.82. The zero-order valence-electron chi connectivity index (χ0n) is 15.7. The van der Waals surface area contributed by atoms with Crippen molar-refractivity contribution in [3.63, 3.8) is 0 Å². The highest BCUT2D eigenvalue weighted by molar-refractivity contribution is 7.22. The van der Waals surface area contributed by atoms with Crippen LogP contribution in [0.5, 0.6) is 0 Å². The molecule has 142 valence electrons. The minimum atomic E-state index is 0.0110. The van der Waals surface area contributed by atoms with Gasteiger partial charge in [0.25, 0.3) is 5.91 Å². The van der Waals surface area contributed by atoms with Crippen LogP contribution in [0.1, 0.15) is 28.7 Å². The molecule has 1 aliphatic rings. The Labute approximate surface area is 167 Å². The van der Waals surface area contributed by atoms with Crippen LogP contribution in [-0.2, 0) is 6.54 Å². The molecule has 0 aliphatic carbocycles. The van der Waals surface area contributed by atoms with Gasteiger partial charge in [0, 0.05) is 43.4 Å². The second-order valence-electron chi connectivity index (χ2n) is 6.78. The van der Waals surface area contributed by atoms with Gasteiger partial charge in [-0.15, -0.1) is 0 Å². The number of aromatic nitrogens is 3. The van der Waals surface area contributed by atoms with E-state index in [9.17, 15) is 4.79 Å². The molecule has 8 heteroatoms. The van der Waals surface area contributed by atoms with E-state index in [1.165, 1.54) is 0 Å². The van der Waals surface area contributed by atoms with Gasteiger partial charge in [0.1, 0.15) is 0 Å². The Morgan fingerprint density at radius 1 is 1.22 bits per heavy atom. The summed E-state index contributed by atoms with van der Waals surface area (Å²) < 4.78 is 3.00. The SMILES string of the molecule is CCn1nc(C(=O)N2CCN(c3nc4c(C)c(Cl)ccc4s3)CC2)cc1C. The number of piperazine rings is 1. The summed E-state index contributed by atoms with van der Waals surface area (Å²) in [5.74, 6) is 0.0110. The van der Waals surface area contributed by atoms with Crippen molar-refractivity contribution in [2.45, 2.75) is 27.3 Å². The van der Waals surface area contributed by atoms with E-state index in [1.54, 1.807) is 11.3 Å². The fourth-order valence-electron chi connectivity index (χ4n) is 3.42. The van der Waals surface area contributed by atoms with Gasteiger partial charge in [-0.2, -0.15) is 5.10 Å². The van der Waals surface area contributed by atoms with Crippen LogP contribution in [0.4, 0.5) is 5.13 Å². The van der Waals surface area contributed by atoms with Gasteiger partial charge >= 0.3 is 0 Å². The van der Waals surface area contributed by atoms with Crippen LogP contribution >= 0.6 is 22.9 Å². The van der Waals surface area contributed by atoms with E-state index in [0.29, 0.717) is 18.8 Å². The van der Waals surface area contributed by atoms with Crippen LogP contribution in [0.25, 0.3) is 10.2 Å². The van der Waals surface area contributed by atoms with Gasteiger partial charge in [0.15, 0.2) is 10.8 Å². The number of hydrogen-bond acceptors (Lipinski definition) is 5. The summed E-state index contributed by atoms with van der Waals surface area (Å²) in [7, 11) is 0. The maximum atomic E-state index is 12.8. The van der Waals surface area contributed by atoms with Crippen LogP contribution in [0.2, 0.25) is 5.02 Å². The molecule has 3 heterocycles. The first-order valence-corrected chi connectivity index (χ1v) is 10.3. The van der Waals surface area contributed by atoms with Gasteiger partial charge in [0.2, 0.25) is 0 Å². The van der Waals surface area contributed by atoms with E-state index in [0.717, 1.165) is 51.3 Å². The third-order valence-corrected chi connectivity index (χ3v) is 6.56. The maximum absolute atomic E-state index is 12.8. The van der Waals surface area contributed by atoms with E-state index in [2.05, 4.69) is 10.00 Å². The van der Waals surface area contributed by atoms with Crippen LogP contribution in [-0.4, -0.2) is 51.8 Å². The van der Waals surface area contributed by atoms with Crippen molar-refractivity contribution in [3.8, 4) is 0 Å². The topological polar surface area (TPSA) is 54.3 Å².